The molecule has 6 nitrogen and oxygen atoms in total. The van der Waals surface area contributed by atoms with Gasteiger partial charge in [0.05, 0.1) is 12.1 Å². The van der Waals surface area contributed by atoms with Gasteiger partial charge >= 0.3 is 0 Å². The average molecular weight is 350 g/mol. The molecule has 0 N–H and O–H groups in total. The van der Waals surface area contributed by atoms with E-state index >= 15 is 0 Å². The Labute approximate surface area is 149 Å². The van der Waals surface area contributed by atoms with Crippen molar-refractivity contribution in [2.45, 2.75) is 69.6 Å². The molecule has 0 aromatic carbocycles. The highest BCUT2D eigenvalue weighted by Gasteiger charge is 2.63. The Morgan fingerprint density at radius 1 is 1.20 bits per heavy atom. The summed E-state index contributed by atoms with van der Waals surface area (Å²) in [6, 6.07) is 0.243. The molecule has 1 saturated carbocycles. The third-order valence-electron chi connectivity index (χ3n) is 6.47. The number of hydrogen-bond donors (Lipinski definition) is 0. The highest BCUT2D eigenvalue weighted by atomic mass is 16.5. The number of β-lactam (4-membered cyclic amide) rings is 1. The maximum atomic E-state index is 12.9. The van der Waals surface area contributed by atoms with Gasteiger partial charge in [0, 0.05) is 38.8 Å². The summed E-state index contributed by atoms with van der Waals surface area (Å²) < 4.78 is 11.7. The van der Waals surface area contributed by atoms with Crippen LogP contribution >= 0.6 is 0 Å². The Morgan fingerprint density at radius 2 is 1.88 bits per heavy atom. The predicted molar refractivity (Wildman–Crippen MR) is 92.0 cm³/mol. The van der Waals surface area contributed by atoms with Crippen molar-refractivity contribution in [2.75, 3.05) is 32.9 Å². The van der Waals surface area contributed by atoms with Crippen LogP contribution in [0.3, 0.4) is 0 Å². The highest BCUT2D eigenvalue weighted by Crippen LogP contribution is 2.46. The Balaban J connectivity index is 1.43. The summed E-state index contributed by atoms with van der Waals surface area (Å²) in [6.45, 7) is 5.59. The Kier molecular flexibility index (Phi) is 4.75. The van der Waals surface area contributed by atoms with Crippen molar-refractivity contribution in [2.24, 2.45) is 5.92 Å². The third kappa shape index (κ3) is 3.08. The molecule has 3 aliphatic heterocycles. The van der Waals surface area contributed by atoms with Gasteiger partial charge in [-0.05, 0) is 44.4 Å². The number of ether oxygens (including phenoxy) is 2. The van der Waals surface area contributed by atoms with Crippen LogP contribution in [-0.2, 0) is 19.1 Å². The van der Waals surface area contributed by atoms with Crippen molar-refractivity contribution in [3.8, 4) is 0 Å². The molecule has 1 spiro atoms. The molecular formula is C19H30N2O4. The van der Waals surface area contributed by atoms with Crippen LogP contribution in [-0.4, -0.2) is 72.2 Å². The molecule has 1 atom stereocenters. The molecular weight excluding hydrogens is 320 g/mol. The molecule has 1 aliphatic carbocycles. The van der Waals surface area contributed by atoms with Crippen LogP contribution < -0.4 is 0 Å². The number of carbonyl (C=O) groups excluding carboxylic acids is 2. The summed E-state index contributed by atoms with van der Waals surface area (Å²) in [5.41, 5.74) is -0.161. The molecule has 6 heteroatoms. The SMILES string of the molecule is CCC(=O)N1CCC(N2C(=O)C(OCC3CC3)C23CCOCC3)CC1. The van der Waals surface area contributed by atoms with E-state index in [0.29, 0.717) is 25.6 Å². The first-order chi connectivity index (χ1) is 12.2. The van der Waals surface area contributed by atoms with E-state index in [4.69, 9.17) is 9.47 Å². The number of nitrogens with zero attached hydrogens (tertiary/aromatic N) is 2. The van der Waals surface area contributed by atoms with Crippen LogP contribution in [0.5, 0.6) is 0 Å². The lowest BCUT2D eigenvalue weighted by atomic mass is 9.72. The van der Waals surface area contributed by atoms with Gasteiger partial charge in [-0.3, -0.25) is 9.59 Å². The van der Waals surface area contributed by atoms with Crippen LogP contribution in [0.25, 0.3) is 0 Å². The van der Waals surface area contributed by atoms with Crippen molar-refractivity contribution in [1.29, 1.82) is 0 Å². The fraction of sp³-hybridized carbons (Fsp3) is 0.895. The maximum Gasteiger partial charge on any atom is 0.254 e. The van der Waals surface area contributed by atoms with E-state index < -0.39 is 0 Å². The maximum absolute atomic E-state index is 12.9. The van der Waals surface area contributed by atoms with Gasteiger partial charge < -0.3 is 19.3 Å². The fourth-order valence-corrected chi connectivity index (χ4v) is 4.75. The zero-order valence-electron chi connectivity index (χ0n) is 15.2. The monoisotopic (exact) mass is 350 g/mol. The molecule has 4 rings (SSSR count). The van der Waals surface area contributed by atoms with Crippen molar-refractivity contribution in [3.05, 3.63) is 0 Å². The van der Waals surface area contributed by atoms with Crippen LogP contribution in [0.15, 0.2) is 0 Å². The Bertz CT molecular complexity index is 520. The topological polar surface area (TPSA) is 59.1 Å². The molecule has 0 aromatic heterocycles. The van der Waals surface area contributed by atoms with Gasteiger partial charge in [0.25, 0.3) is 5.91 Å². The first kappa shape index (κ1) is 17.3. The normalized spacial score (nSPS) is 29.8. The first-order valence-corrected chi connectivity index (χ1v) is 9.96. The number of likely N-dealkylation sites (tertiary alicyclic amines) is 2. The molecule has 3 heterocycles. The van der Waals surface area contributed by atoms with E-state index in [9.17, 15) is 9.59 Å². The minimum Gasteiger partial charge on any atom is -0.381 e. The zero-order chi connectivity index (χ0) is 17.4. The molecule has 0 radical (unpaired) electrons. The minimum absolute atomic E-state index is 0.161. The molecule has 4 aliphatic rings. The second kappa shape index (κ2) is 6.88. The van der Waals surface area contributed by atoms with Crippen molar-refractivity contribution >= 4 is 11.8 Å². The lowest BCUT2D eigenvalue weighted by Crippen LogP contribution is -2.79. The fourth-order valence-electron chi connectivity index (χ4n) is 4.75. The van der Waals surface area contributed by atoms with Crippen LogP contribution in [0.2, 0.25) is 0 Å². The van der Waals surface area contributed by atoms with Crippen LogP contribution in [0, 0.1) is 5.92 Å². The molecule has 0 bridgehead atoms. The van der Waals surface area contributed by atoms with Gasteiger partial charge in [0.15, 0.2) is 6.10 Å². The molecule has 4 fully saturated rings. The molecule has 1 unspecified atom stereocenters. The zero-order valence-corrected chi connectivity index (χ0v) is 15.2. The summed E-state index contributed by atoms with van der Waals surface area (Å²) in [7, 11) is 0. The van der Waals surface area contributed by atoms with Crippen LogP contribution in [0.1, 0.15) is 51.9 Å². The third-order valence-corrected chi connectivity index (χ3v) is 6.47. The van der Waals surface area contributed by atoms with E-state index in [1.165, 1.54) is 12.8 Å². The van der Waals surface area contributed by atoms with Gasteiger partial charge in [-0.25, -0.2) is 0 Å². The quantitative estimate of drug-likeness (QED) is 0.706. The first-order valence-electron chi connectivity index (χ1n) is 9.96. The Hall–Kier alpha value is -1.14. The van der Waals surface area contributed by atoms with Gasteiger partial charge in [0.1, 0.15) is 0 Å². The summed E-state index contributed by atoms with van der Waals surface area (Å²) in [5.74, 6) is 1.06. The van der Waals surface area contributed by atoms with Gasteiger partial charge in [-0.1, -0.05) is 6.92 Å². The molecule has 0 aromatic rings. The lowest BCUT2D eigenvalue weighted by Gasteiger charge is -2.62. The predicted octanol–water partition coefficient (Wildman–Crippen LogP) is 1.57. The van der Waals surface area contributed by atoms with Crippen molar-refractivity contribution < 1.29 is 19.1 Å². The largest absolute Gasteiger partial charge is 0.381 e. The van der Waals surface area contributed by atoms with E-state index in [-0.39, 0.29) is 29.5 Å². The highest BCUT2D eigenvalue weighted by molar-refractivity contribution is 5.91. The number of hydrogen-bond acceptors (Lipinski definition) is 4. The molecule has 3 saturated heterocycles. The van der Waals surface area contributed by atoms with Gasteiger partial charge in [0.2, 0.25) is 5.91 Å². The summed E-state index contributed by atoms with van der Waals surface area (Å²) in [4.78, 5) is 28.9. The molecule has 25 heavy (non-hydrogen) atoms. The second-order valence-electron chi connectivity index (χ2n) is 8.05. The standard InChI is InChI=1S/C19H30N2O4/c1-2-16(22)20-9-5-15(6-10-20)21-18(23)17(25-13-14-3-4-14)19(21)7-11-24-12-8-19/h14-15,17H,2-13H2,1H3. The minimum atomic E-state index is -0.271. The number of rotatable bonds is 5. The van der Waals surface area contributed by atoms with E-state index in [1.54, 1.807) is 0 Å². The van der Waals surface area contributed by atoms with Gasteiger partial charge in [-0.2, -0.15) is 0 Å². The van der Waals surface area contributed by atoms with Crippen LogP contribution in [0.4, 0.5) is 0 Å². The average Bonchev–Trinajstić information content (AvgIpc) is 3.47. The summed E-state index contributed by atoms with van der Waals surface area (Å²) >= 11 is 0. The van der Waals surface area contributed by atoms with Crippen molar-refractivity contribution in [1.82, 2.24) is 9.80 Å². The lowest BCUT2D eigenvalue weighted by molar-refractivity contribution is -0.219. The molecule has 2 amide bonds. The van der Waals surface area contributed by atoms with E-state index in [2.05, 4.69) is 4.90 Å². The van der Waals surface area contributed by atoms with Crippen molar-refractivity contribution in [3.63, 3.8) is 0 Å². The molecule has 140 valence electrons. The second-order valence-corrected chi connectivity index (χ2v) is 8.05. The number of piperidine rings is 1. The number of carbonyl (C=O) groups is 2. The van der Waals surface area contributed by atoms with Gasteiger partial charge in [-0.15, -0.1) is 0 Å². The summed E-state index contributed by atoms with van der Waals surface area (Å²) in [6.07, 6.45) is 6.29. The smallest absolute Gasteiger partial charge is 0.254 e. The number of amides is 2. The summed E-state index contributed by atoms with van der Waals surface area (Å²) in [5, 5.41) is 0. The van der Waals surface area contributed by atoms with E-state index in [0.717, 1.165) is 45.4 Å². The van der Waals surface area contributed by atoms with E-state index in [1.807, 2.05) is 11.8 Å². The Morgan fingerprint density at radius 3 is 2.48 bits per heavy atom.